The summed E-state index contributed by atoms with van der Waals surface area (Å²) in [7, 11) is 0. The summed E-state index contributed by atoms with van der Waals surface area (Å²) in [5, 5.41) is 19.2. The van der Waals surface area contributed by atoms with Crippen LogP contribution in [0, 0.1) is 5.41 Å². The van der Waals surface area contributed by atoms with Gasteiger partial charge in [-0.1, -0.05) is 62.7 Å². The normalized spacial score (nSPS) is 15.3. The highest BCUT2D eigenvalue weighted by Gasteiger charge is 2.23. The fraction of sp³-hybridized carbons (Fsp3) is 0.320. The number of hydrogen-bond donors (Lipinski definition) is 2. The lowest BCUT2D eigenvalue weighted by atomic mass is 9.85. The quantitative estimate of drug-likeness (QED) is 0.588. The summed E-state index contributed by atoms with van der Waals surface area (Å²) < 4.78 is 0. The van der Waals surface area contributed by atoms with Gasteiger partial charge in [0, 0.05) is 5.57 Å². The monoisotopic (exact) mass is 408 g/mol. The minimum Gasteiger partial charge on any atom is -0.508 e. The van der Waals surface area contributed by atoms with Crippen molar-refractivity contribution in [2.24, 2.45) is 5.41 Å². The zero-order chi connectivity index (χ0) is 21.0. The van der Waals surface area contributed by atoms with E-state index in [9.17, 15) is 15.0 Å². The van der Waals surface area contributed by atoms with Crippen LogP contribution in [-0.4, -0.2) is 27.7 Å². The van der Waals surface area contributed by atoms with Crippen molar-refractivity contribution in [3.05, 3.63) is 76.4 Å². The van der Waals surface area contributed by atoms with Gasteiger partial charge in [0.1, 0.15) is 5.75 Å². The molecule has 0 amide bonds. The standard InChI is InChI=1S/C25H28O3S/c1-25(2,3)22(24(27)28)16-17-4-6-18(7-5-17)23(20-12-14-29-15-13-20)19-8-10-21(26)11-9-19/h4-11,16,26H,12-15H2,1-3H3,(H,27,28). The van der Waals surface area contributed by atoms with Crippen LogP contribution in [0.2, 0.25) is 0 Å². The van der Waals surface area contributed by atoms with Crippen LogP contribution in [-0.2, 0) is 4.79 Å². The molecule has 3 nitrogen and oxygen atoms in total. The second kappa shape index (κ2) is 8.91. The lowest BCUT2D eigenvalue weighted by Crippen LogP contribution is -2.17. The van der Waals surface area contributed by atoms with Gasteiger partial charge in [0.2, 0.25) is 0 Å². The Kier molecular flexibility index (Phi) is 6.53. The first-order chi connectivity index (χ1) is 13.8. The van der Waals surface area contributed by atoms with Gasteiger partial charge in [-0.2, -0.15) is 11.8 Å². The minimum atomic E-state index is -0.881. The van der Waals surface area contributed by atoms with Crippen LogP contribution in [0.25, 0.3) is 11.6 Å². The van der Waals surface area contributed by atoms with E-state index in [1.807, 2.05) is 56.8 Å². The van der Waals surface area contributed by atoms with Crippen molar-refractivity contribution in [3.63, 3.8) is 0 Å². The van der Waals surface area contributed by atoms with Crippen molar-refractivity contribution in [2.75, 3.05) is 11.5 Å². The Bertz CT molecular complexity index is 922. The molecule has 0 bridgehead atoms. The van der Waals surface area contributed by atoms with E-state index in [0.717, 1.165) is 41.0 Å². The number of rotatable bonds is 4. The summed E-state index contributed by atoms with van der Waals surface area (Å²) in [5.74, 6) is 1.64. The molecule has 0 unspecified atom stereocenters. The lowest BCUT2D eigenvalue weighted by Gasteiger charge is -2.21. The second-order valence-corrected chi connectivity index (χ2v) is 9.60. The van der Waals surface area contributed by atoms with Gasteiger partial charge in [-0.05, 0) is 70.2 Å². The third-order valence-corrected chi connectivity index (χ3v) is 6.14. The Hall–Kier alpha value is -2.46. The van der Waals surface area contributed by atoms with Crippen molar-refractivity contribution >= 4 is 29.4 Å². The molecule has 0 aromatic heterocycles. The number of phenolic OH excluding ortho intramolecular Hbond substituents is 1. The maximum atomic E-state index is 11.6. The van der Waals surface area contributed by atoms with E-state index in [0.29, 0.717) is 5.57 Å². The van der Waals surface area contributed by atoms with Gasteiger partial charge < -0.3 is 10.2 Å². The first-order valence-corrected chi connectivity index (χ1v) is 11.1. The fourth-order valence-electron chi connectivity index (χ4n) is 3.58. The lowest BCUT2D eigenvalue weighted by molar-refractivity contribution is -0.133. The van der Waals surface area contributed by atoms with Gasteiger partial charge in [-0.25, -0.2) is 4.79 Å². The van der Waals surface area contributed by atoms with E-state index in [1.54, 1.807) is 18.2 Å². The molecule has 4 heteroatoms. The number of hydrogen-bond acceptors (Lipinski definition) is 3. The molecule has 1 fully saturated rings. The van der Waals surface area contributed by atoms with E-state index in [-0.39, 0.29) is 5.75 Å². The summed E-state index contributed by atoms with van der Waals surface area (Å²) in [6.45, 7) is 5.74. The predicted molar refractivity (Wildman–Crippen MR) is 122 cm³/mol. The number of benzene rings is 2. The Balaban J connectivity index is 2.02. The smallest absolute Gasteiger partial charge is 0.332 e. The van der Waals surface area contributed by atoms with Gasteiger partial charge in [0.05, 0.1) is 0 Å². The van der Waals surface area contributed by atoms with Crippen molar-refractivity contribution in [2.45, 2.75) is 33.6 Å². The Morgan fingerprint density at radius 1 is 0.931 bits per heavy atom. The molecule has 1 aliphatic rings. The fourth-order valence-corrected chi connectivity index (χ4v) is 4.57. The highest BCUT2D eigenvalue weighted by Crippen LogP contribution is 2.35. The number of phenols is 1. The maximum Gasteiger partial charge on any atom is 0.332 e. The molecule has 0 spiro atoms. The summed E-state index contributed by atoms with van der Waals surface area (Å²) in [6.07, 6.45) is 3.89. The third kappa shape index (κ3) is 5.33. The number of allylic oxidation sites excluding steroid dienone is 1. The molecule has 1 aliphatic heterocycles. The molecular weight excluding hydrogens is 380 g/mol. The van der Waals surface area contributed by atoms with Crippen LogP contribution >= 0.6 is 11.8 Å². The van der Waals surface area contributed by atoms with E-state index in [1.165, 1.54) is 11.1 Å². The zero-order valence-corrected chi connectivity index (χ0v) is 18.1. The second-order valence-electron chi connectivity index (χ2n) is 8.37. The first-order valence-electron chi connectivity index (χ1n) is 9.91. The molecule has 152 valence electrons. The Morgan fingerprint density at radius 2 is 1.45 bits per heavy atom. The van der Waals surface area contributed by atoms with E-state index < -0.39 is 11.4 Å². The van der Waals surface area contributed by atoms with Crippen molar-refractivity contribution in [1.29, 1.82) is 0 Å². The van der Waals surface area contributed by atoms with Gasteiger partial charge >= 0.3 is 5.97 Å². The van der Waals surface area contributed by atoms with Crippen LogP contribution in [0.3, 0.4) is 0 Å². The van der Waals surface area contributed by atoms with Crippen LogP contribution in [0.15, 0.2) is 59.7 Å². The molecule has 29 heavy (non-hydrogen) atoms. The highest BCUT2D eigenvalue weighted by molar-refractivity contribution is 7.99. The summed E-state index contributed by atoms with van der Waals surface area (Å²) in [4.78, 5) is 11.6. The van der Waals surface area contributed by atoms with Gasteiger partial charge in [0.25, 0.3) is 0 Å². The average Bonchev–Trinajstić information content (AvgIpc) is 2.68. The largest absolute Gasteiger partial charge is 0.508 e. The Morgan fingerprint density at radius 3 is 1.93 bits per heavy atom. The number of carbonyl (C=O) groups is 1. The molecule has 2 aromatic rings. The molecule has 0 atom stereocenters. The van der Waals surface area contributed by atoms with Crippen molar-refractivity contribution in [1.82, 2.24) is 0 Å². The van der Waals surface area contributed by atoms with Crippen LogP contribution in [0.1, 0.15) is 50.3 Å². The number of carboxylic acid groups (broad SMARTS) is 1. The summed E-state index contributed by atoms with van der Waals surface area (Å²) in [6, 6.07) is 15.5. The van der Waals surface area contributed by atoms with Crippen LogP contribution < -0.4 is 0 Å². The highest BCUT2D eigenvalue weighted by atomic mass is 32.2. The molecule has 0 radical (unpaired) electrons. The molecule has 3 rings (SSSR count). The summed E-state index contributed by atoms with van der Waals surface area (Å²) >= 11 is 1.99. The summed E-state index contributed by atoms with van der Waals surface area (Å²) in [5.41, 5.74) is 5.76. The maximum absolute atomic E-state index is 11.6. The third-order valence-electron chi connectivity index (χ3n) is 5.15. The van der Waals surface area contributed by atoms with Crippen LogP contribution in [0.4, 0.5) is 0 Å². The minimum absolute atomic E-state index is 0.265. The average molecular weight is 409 g/mol. The van der Waals surface area contributed by atoms with Crippen molar-refractivity contribution in [3.8, 4) is 5.75 Å². The number of carboxylic acids is 1. The number of aliphatic carboxylic acids is 1. The van der Waals surface area contributed by atoms with Crippen LogP contribution in [0.5, 0.6) is 5.75 Å². The molecule has 2 aromatic carbocycles. The van der Waals surface area contributed by atoms with E-state index >= 15 is 0 Å². The van der Waals surface area contributed by atoms with Crippen molar-refractivity contribution < 1.29 is 15.0 Å². The molecule has 0 aliphatic carbocycles. The molecule has 1 heterocycles. The van der Waals surface area contributed by atoms with E-state index in [2.05, 4.69) is 12.1 Å². The molecule has 0 saturated carbocycles. The molecule has 1 saturated heterocycles. The van der Waals surface area contributed by atoms with Gasteiger partial charge in [0.15, 0.2) is 0 Å². The predicted octanol–water partition coefficient (Wildman–Crippen LogP) is 6.24. The first kappa shape index (κ1) is 21.3. The SMILES string of the molecule is CC(C)(C)C(=Cc1ccc(C(=C2CCSCC2)c2ccc(O)cc2)cc1)C(=O)O. The molecule has 2 N–H and O–H groups in total. The number of thioether (sulfide) groups is 1. The van der Waals surface area contributed by atoms with Gasteiger partial charge in [-0.3, -0.25) is 0 Å². The van der Waals surface area contributed by atoms with Gasteiger partial charge in [-0.15, -0.1) is 0 Å². The zero-order valence-electron chi connectivity index (χ0n) is 17.2. The molecular formula is C25H28O3S. The van der Waals surface area contributed by atoms with E-state index in [4.69, 9.17) is 0 Å². The number of aromatic hydroxyl groups is 1. The Labute approximate surface area is 177 Å². The topological polar surface area (TPSA) is 57.5 Å².